The Morgan fingerprint density at radius 2 is 2.07 bits per heavy atom. The van der Waals surface area contributed by atoms with Crippen LogP contribution >= 0.6 is 0 Å². The van der Waals surface area contributed by atoms with E-state index in [0.29, 0.717) is 18.7 Å². The van der Waals surface area contributed by atoms with Gasteiger partial charge >= 0.3 is 5.97 Å². The summed E-state index contributed by atoms with van der Waals surface area (Å²) in [5.41, 5.74) is 5.19. The third kappa shape index (κ3) is 3.48. The van der Waals surface area contributed by atoms with Crippen molar-refractivity contribution in [2.75, 3.05) is 24.6 Å². The maximum atomic E-state index is 14.9. The minimum absolute atomic E-state index is 0.0540. The van der Waals surface area contributed by atoms with Crippen LogP contribution in [0.1, 0.15) is 45.0 Å². The molecule has 0 radical (unpaired) electrons. The molecule has 2 atom stereocenters. The van der Waals surface area contributed by atoms with Crippen LogP contribution in [0.5, 0.6) is 0 Å². The Balaban J connectivity index is 2.26. The summed E-state index contributed by atoms with van der Waals surface area (Å²) in [5, 5.41) is 0.0540. The molecule has 0 bridgehead atoms. The van der Waals surface area contributed by atoms with E-state index in [9.17, 15) is 14.0 Å². The van der Waals surface area contributed by atoms with Crippen LogP contribution in [0.2, 0.25) is 0 Å². The van der Waals surface area contributed by atoms with Gasteiger partial charge in [0.1, 0.15) is 11.2 Å². The predicted octanol–water partition coefficient (Wildman–Crippen LogP) is 2.25. The van der Waals surface area contributed by atoms with Gasteiger partial charge in [-0.25, -0.2) is 14.2 Å². The lowest BCUT2D eigenvalue weighted by atomic mass is 10.1. The Labute approximate surface area is 163 Å². The highest BCUT2D eigenvalue weighted by molar-refractivity contribution is 5.93. The SMILES string of the molecule is CCOC(=O)c1cn(C(C)(C)C)c2nc(N3C[C@@H](C)[C@@H](N)C3)c(F)cc2c1=O. The van der Waals surface area contributed by atoms with Gasteiger partial charge in [0.15, 0.2) is 11.6 Å². The summed E-state index contributed by atoms with van der Waals surface area (Å²) in [4.78, 5) is 31.4. The highest BCUT2D eigenvalue weighted by atomic mass is 19.1. The van der Waals surface area contributed by atoms with Crippen molar-refractivity contribution in [3.8, 4) is 0 Å². The Hall–Kier alpha value is -2.48. The number of pyridine rings is 2. The third-order valence-corrected chi connectivity index (χ3v) is 5.10. The van der Waals surface area contributed by atoms with Crippen molar-refractivity contribution in [1.82, 2.24) is 9.55 Å². The topological polar surface area (TPSA) is 90.5 Å². The Bertz CT molecular complexity index is 970. The van der Waals surface area contributed by atoms with Gasteiger partial charge in [-0.05, 0) is 39.7 Å². The predicted molar refractivity (Wildman–Crippen MR) is 106 cm³/mol. The van der Waals surface area contributed by atoms with Crippen molar-refractivity contribution in [2.45, 2.75) is 46.2 Å². The highest BCUT2D eigenvalue weighted by Crippen LogP contribution is 2.28. The van der Waals surface area contributed by atoms with Crippen molar-refractivity contribution in [2.24, 2.45) is 11.7 Å². The van der Waals surface area contributed by atoms with E-state index in [1.54, 1.807) is 16.4 Å². The zero-order chi connectivity index (χ0) is 20.8. The first kappa shape index (κ1) is 20.3. The number of anilines is 1. The van der Waals surface area contributed by atoms with Crippen LogP contribution in [0.3, 0.4) is 0 Å². The molecule has 28 heavy (non-hydrogen) atoms. The average Bonchev–Trinajstić information content (AvgIpc) is 2.93. The zero-order valence-corrected chi connectivity index (χ0v) is 17.0. The van der Waals surface area contributed by atoms with Gasteiger partial charge in [-0.3, -0.25) is 4.79 Å². The molecule has 0 spiro atoms. The largest absolute Gasteiger partial charge is 0.462 e. The standard InChI is InChI=1S/C20H27FN4O3/c1-6-28-19(27)13-9-25(20(3,4)5)17-12(16(13)26)7-14(21)18(23-17)24-8-11(2)15(22)10-24/h7,9,11,15H,6,8,10,22H2,1-5H3/t11-,15+/m1/s1. The summed E-state index contributed by atoms with van der Waals surface area (Å²) in [6.07, 6.45) is 1.45. The summed E-state index contributed by atoms with van der Waals surface area (Å²) in [6, 6.07) is 1.10. The first-order chi connectivity index (χ1) is 13.0. The van der Waals surface area contributed by atoms with Gasteiger partial charge < -0.3 is 19.9 Å². The fourth-order valence-electron chi connectivity index (χ4n) is 3.47. The molecule has 1 saturated heterocycles. The van der Waals surface area contributed by atoms with Crippen LogP contribution in [0.25, 0.3) is 11.0 Å². The monoisotopic (exact) mass is 390 g/mol. The molecule has 0 unspecified atom stereocenters. The fourth-order valence-corrected chi connectivity index (χ4v) is 3.47. The van der Waals surface area contributed by atoms with Crippen LogP contribution in [-0.2, 0) is 10.3 Å². The maximum Gasteiger partial charge on any atom is 0.343 e. The maximum absolute atomic E-state index is 14.9. The van der Waals surface area contributed by atoms with Gasteiger partial charge in [0.05, 0.1) is 12.0 Å². The van der Waals surface area contributed by atoms with E-state index in [1.165, 1.54) is 12.3 Å². The molecule has 0 saturated carbocycles. The first-order valence-electron chi connectivity index (χ1n) is 9.48. The molecule has 8 heteroatoms. The van der Waals surface area contributed by atoms with Gasteiger partial charge in [0, 0.05) is 30.9 Å². The summed E-state index contributed by atoms with van der Waals surface area (Å²) in [6.45, 7) is 10.7. The van der Waals surface area contributed by atoms with Crippen molar-refractivity contribution in [1.29, 1.82) is 0 Å². The van der Waals surface area contributed by atoms with E-state index >= 15 is 0 Å². The number of hydrogen-bond acceptors (Lipinski definition) is 6. The molecule has 2 aromatic heterocycles. The van der Waals surface area contributed by atoms with E-state index < -0.39 is 22.8 Å². The van der Waals surface area contributed by atoms with Crippen LogP contribution in [-0.4, -0.2) is 41.3 Å². The van der Waals surface area contributed by atoms with Crippen LogP contribution in [0.15, 0.2) is 17.1 Å². The van der Waals surface area contributed by atoms with Crippen molar-refractivity contribution in [3.63, 3.8) is 0 Å². The lowest BCUT2D eigenvalue weighted by Crippen LogP contribution is -2.31. The molecule has 2 N–H and O–H groups in total. The normalized spacial score (nSPS) is 20.0. The zero-order valence-electron chi connectivity index (χ0n) is 17.0. The lowest BCUT2D eigenvalue weighted by molar-refractivity contribution is 0.0524. The Kier molecular flexibility index (Phi) is 5.18. The number of aromatic nitrogens is 2. The van der Waals surface area contributed by atoms with E-state index in [-0.39, 0.29) is 35.3 Å². The summed E-state index contributed by atoms with van der Waals surface area (Å²) in [7, 11) is 0. The Morgan fingerprint density at radius 3 is 2.61 bits per heavy atom. The molecule has 7 nitrogen and oxygen atoms in total. The summed E-state index contributed by atoms with van der Waals surface area (Å²) in [5.74, 6) is -0.940. The van der Waals surface area contributed by atoms with Gasteiger partial charge in [0.2, 0.25) is 5.43 Å². The molecule has 152 valence electrons. The molecular weight excluding hydrogens is 363 g/mol. The van der Waals surface area contributed by atoms with E-state index in [1.807, 2.05) is 27.7 Å². The van der Waals surface area contributed by atoms with E-state index in [4.69, 9.17) is 10.5 Å². The molecule has 0 aromatic carbocycles. The number of hydrogen-bond donors (Lipinski definition) is 1. The van der Waals surface area contributed by atoms with Crippen LogP contribution in [0, 0.1) is 11.7 Å². The Morgan fingerprint density at radius 1 is 1.39 bits per heavy atom. The number of carbonyl (C=O) groups is 1. The van der Waals surface area contributed by atoms with Gasteiger partial charge in [-0.1, -0.05) is 6.92 Å². The molecule has 2 aromatic rings. The number of nitrogens with two attached hydrogens (primary N) is 1. The van der Waals surface area contributed by atoms with Gasteiger partial charge in [0.25, 0.3) is 0 Å². The molecule has 1 aliphatic heterocycles. The fraction of sp³-hybridized carbons (Fsp3) is 0.550. The third-order valence-electron chi connectivity index (χ3n) is 5.10. The number of carbonyl (C=O) groups excluding carboxylic acids is 1. The number of ether oxygens (including phenoxy) is 1. The lowest BCUT2D eigenvalue weighted by Gasteiger charge is -2.27. The number of rotatable bonds is 3. The molecule has 1 aliphatic rings. The smallest absolute Gasteiger partial charge is 0.343 e. The number of nitrogens with zero attached hydrogens (tertiary/aromatic N) is 3. The number of halogens is 1. The summed E-state index contributed by atoms with van der Waals surface area (Å²) < 4.78 is 21.6. The molecular formula is C20H27FN4O3. The van der Waals surface area contributed by atoms with Gasteiger partial charge in [-0.15, -0.1) is 0 Å². The number of fused-ring (bicyclic) bond motifs is 1. The number of esters is 1. The summed E-state index contributed by atoms with van der Waals surface area (Å²) >= 11 is 0. The van der Waals surface area contributed by atoms with Crippen LogP contribution < -0.4 is 16.1 Å². The highest BCUT2D eigenvalue weighted by Gasteiger charge is 2.31. The molecule has 3 rings (SSSR count). The van der Waals surface area contributed by atoms with Crippen molar-refractivity contribution in [3.05, 3.63) is 33.9 Å². The van der Waals surface area contributed by atoms with Crippen LogP contribution in [0.4, 0.5) is 10.2 Å². The van der Waals surface area contributed by atoms with Crippen molar-refractivity contribution >= 4 is 22.8 Å². The molecule has 3 heterocycles. The first-order valence-corrected chi connectivity index (χ1v) is 9.48. The second-order valence-corrected chi connectivity index (χ2v) is 8.34. The molecule has 1 fully saturated rings. The minimum atomic E-state index is -0.726. The van der Waals surface area contributed by atoms with E-state index in [0.717, 1.165) is 0 Å². The second kappa shape index (κ2) is 7.16. The average molecular weight is 390 g/mol. The molecule has 0 amide bonds. The second-order valence-electron chi connectivity index (χ2n) is 8.34. The quantitative estimate of drug-likeness (QED) is 0.809. The molecule has 0 aliphatic carbocycles. The minimum Gasteiger partial charge on any atom is -0.462 e. The van der Waals surface area contributed by atoms with Crippen molar-refractivity contribution < 1.29 is 13.9 Å². The van der Waals surface area contributed by atoms with Gasteiger partial charge in [-0.2, -0.15) is 0 Å². The van der Waals surface area contributed by atoms with E-state index in [2.05, 4.69) is 4.98 Å².